The number of benzene rings is 1. The van der Waals surface area contributed by atoms with Crippen molar-refractivity contribution in [3.63, 3.8) is 0 Å². The summed E-state index contributed by atoms with van der Waals surface area (Å²) in [5, 5.41) is 3.09. The highest BCUT2D eigenvalue weighted by Crippen LogP contribution is 2.45. The summed E-state index contributed by atoms with van der Waals surface area (Å²) in [6.07, 6.45) is 6.39. The van der Waals surface area contributed by atoms with Crippen molar-refractivity contribution in [1.29, 1.82) is 0 Å². The van der Waals surface area contributed by atoms with Gasteiger partial charge in [-0.3, -0.25) is 4.98 Å². The second-order valence-electron chi connectivity index (χ2n) is 8.56. The number of carbonyl (C=O) groups excluding carboxylic acids is 1. The SMILES string of the molecule is O=C(NC1(c2ccc(-c3ccc(F)cc3)cn2)CC1)OC1CCN2CCC1CC2. The lowest BCUT2D eigenvalue weighted by Crippen LogP contribution is -2.39. The Labute approximate surface area is 170 Å². The van der Waals surface area contributed by atoms with E-state index in [1.165, 1.54) is 12.1 Å². The largest absolute Gasteiger partial charge is 0.446 e. The molecule has 6 heteroatoms. The van der Waals surface area contributed by atoms with Gasteiger partial charge in [-0.15, -0.1) is 0 Å². The number of piperidine rings is 1. The third-order valence-electron chi connectivity index (χ3n) is 6.67. The Bertz CT molecular complexity index is 872. The summed E-state index contributed by atoms with van der Waals surface area (Å²) in [6.45, 7) is 3.27. The lowest BCUT2D eigenvalue weighted by Gasteiger charge is -2.29. The van der Waals surface area contributed by atoms with Gasteiger partial charge in [-0.25, -0.2) is 9.18 Å². The fourth-order valence-corrected chi connectivity index (χ4v) is 4.67. The minimum Gasteiger partial charge on any atom is -0.446 e. The van der Waals surface area contributed by atoms with Crippen LogP contribution in [0, 0.1) is 11.7 Å². The number of halogens is 1. The van der Waals surface area contributed by atoms with E-state index in [2.05, 4.69) is 15.2 Å². The Kier molecular flexibility index (Phi) is 4.74. The van der Waals surface area contributed by atoms with Crippen LogP contribution in [0.25, 0.3) is 11.1 Å². The van der Waals surface area contributed by atoms with Crippen LogP contribution in [-0.4, -0.2) is 41.7 Å². The van der Waals surface area contributed by atoms with Gasteiger partial charge in [0.2, 0.25) is 0 Å². The van der Waals surface area contributed by atoms with Crippen molar-refractivity contribution >= 4 is 6.09 Å². The molecule has 1 atom stereocenters. The van der Waals surface area contributed by atoms with E-state index >= 15 is 0 Å². The molecule has 2 aromatic rings. The third kappa shape index (κ3) is 3.86. The van der Waals surface area contributed by atoms with Crippen LogP contribution in [0.2, 0.25) is 0 Å². The van der Waals surface area contributed by atoms with E-state index in [0.29, 0.717) is 5.92 Å². The van der Waals surface area contributed by atoms with Gasteiger partial charge in [0, 0.05) is 18.3 Å². The molecule has 3 aliphatic heterocycles. The predicted octanol–water partition coefficient (Wildman–Crippen LogP) is 4.09. The molecule has 2 bridgehead atoms. The number of hydrogen-bond donors (Lipinski definition) is 1. The van der Waals surface area contributed by atoms with E-state index < -0.39 is 5.54 Å². The second-order valence-corrected chi connectivity index (χ2v) is 8.56. The fraction of sp³-hybridized carbons (Fsp3) is 0.478. The minimum absolute atomic E-state index is 0.0205. The number of nitrogens with zero attached hydrogens (tertiary/aromatic N) is 2. The first-order chi connectivity index (χ1) is 14.1. The molecule has 1 aromatic heterocycles. The number of hydrogen-bond acceptors (Lipinski definition) is 4. The molecular formula is C23H26FN3O2. The van der Waals surface area contributed by atoms with Crippen molar-refractivity contribution < 1.29 is 13.9 Å². The van der Waals surface area contributed by atoms with Crippen LogP contribution in [0.1, 0.15) is 37.8 Å². The number of aromatic nitrogens is 1. The lowest BCUT2D eigenvalue weighted by molar-refractivity contribution is 0.0536. The Morgan fingerprint density at radius 2 is 1.72 bits per heavy atom. The van der Waals surface area contributed by atoms with Crippen molar-refractivity contribution in [2.24, 2.45) is 5.92 Å². The Morgan fingerprint density at radius 1 is 1.03 bits per heavy atom. The molecule has 4 aliphatic rings. The molecule has 1 aliphatic carbocycles. The van der Waals surface area contributed by atoms with Gasteiger partial charge in [-0.2, -0.15) is 0 Å². The van der Waals surface area contributed by atoms with E-state index in [1.54, 1.807) is 18.3 Å². The number of rotatable bonds is 4. The van der Waals surface area contributed by atoms with Gasteiger partial charge in [-0.05, 0) is 74.9 Å². The maximum absolute atomic E-state index is 13.1. The maximum atomic E-state index is 13.1. The highest BCUT2D eigenvalue weighted by molar-refractivity contribution is 5.70. The molecule has 4 heterocycles. The highest BCUT2D eigenvalue weighted by atomic mass is 19.1. The zero-order chi connectivity index (χ0) is 19.8. The number of nitrogens with one attached hydrogen (secondary N) is 1. The van der Waals surface area contributed by atoms with Gasteiger partial charge < -0.3 is 15.0 Å². The standard InChI is InChI=1S/C23H26FN3O2/c24-19-4-1-16(2-5-19)18-3-6-21(25-15-18)23(10-11-23)26-22(28)29-20-9-14-27-12-7-17(20)8-13-27/h1-6,15,17,20H,7-14H2,(H,26,28). The van der Waals surface area contributed by atoms with Gasteiger partial charge >= 0.3 is 6.09 Å². The fourth-order valence-electron chi connectivity index (χ4n) is 4.67. The van der Waals surface area contributed by atoms with Crippen molar-refractivity contribution in [3.05, 3.63) is 54.1 Å². The molecule has 0 spiro atoms. The van der Waals surface area contributed by atoms with Gasteiger partial charge in [0.25, 0.3) is 0 Å². The smallest absolute Gasteiger partial charge is 0.408 e. The number of alkyl carbamates (subject to hydrolysis) is 1. The van der Waals surface area contributed by atoms with Crippen LogP contribution in [0.4, 0.5) is 9.18 Å². The molecule has 152 valence electrons. The van der Waals surface area contributed by atoms with Gasteiger partial charge in [0.05, 0.1) is 11.2 Å². The first kappa shape index (κ1) is 18.6. The highest BCUT2D eigenvalue weighted by Gasteiger charge is 2.48. The summed E-state index contributed by atoms with van der Waals surface area (Å²) in [6, 6.07) is 10.3. The number of amides is 1. The summed E-state index contributed by atoms with van der Waals surface area (Å²) in [7, 11) is 0. The van der Waals surface area contributed by atoms with Crippen LogP contribution in [0.3, 0.4) is 0 Å². The Hall–Kier alpha value is -2.47. The maximum Gasteiger partial charge on any atom is 0.408 e. The van der Waals surface area contributed by atoms with Crippen LogP contribution in [0.5, 0.6) is 0 Å². The van der Waals surface area contributed by atoms with Crippen molar-refractivity contribution in [1.82, 2.24) is 15.2 Å². The molecule has 0 radical (unpaired) electrons. The molecule has 6 rings (SSSR count). The third-order valence-corrected chi connectivity index (χ3v) is 6.67. The van der Waals surface area contributed by atoms with Crippen molar-refractivity contribution in [3.8, 4) is 11.1 Å². The molecule has 1 aromatic carbocycles. The van der Waals surface area contributed by atoms with Crippen LogP contribution >= 0.6 is 0 Å². The van der Waals surface area contributed by atoms with E-state index in [0.717, 1.165) is 68.6 Å². The molecule has 29 heavy (non-hydrogen) atoms. The summed E-state index contributed by atoms with van der Waals surface area (Å²) in [5.41, 5.74) is 2.29. The normalized spacial score (nSPS) is 27.1. The van der Waals surface area contributed by atoms with Crippen molar-refractivity contribution in [2.45, 2.75) is 43.7 Å². The molecule has 1 unspecified atom stereocenters. The predicted molar refractivity (Wildman–Crippen MR) is 108 cm³/mol. The lowest BCUT2D eigenvalue weighted by atomic mass is 9.93. The topological polar surface area (TPSA) is 54.5 Å². The van der Waals surface area contributed by atoms with Crippen LogP contribution < -0.4 is 5.32 Å². The number of pyridine rings is 1. The van der Waals surface area contributed by atoms with Crippen molar-refractivity contribution in [2.75, 3.05) is 19.6 Å². The molecule has 5 nitrogen and oxygen atoms in total. The van der Waals surface area contributed by atoms with Crippen LogP contribution in [-0.2, 0) is 10.3 Å². The van der Waals surface area contributed by atoms with E-state index in [-0.39, 0.29) is 18.0 Å². The zero-order valence-electron chi connectivity index (χ0n) is 16.4. The van der Waals surface area contributed by atoms with E-state index in [1.807, 2.05) is 12.1 Å². The molecule has 1 amide bonds. The first-order valence-corrected chi connectivity index (χ1v) is 10.5. The minimum atomic E-state index is -0.412. The second kappa shape index (κ2) is 7.41. The monoisotopic (exact) mass is 395 g/mol. The molecule has 1 saturated carbocycles. The van der Waals surface area contributed by atoms with Gasteiger partial charge in [0.15, 0.2) is 0 Å². The average molecular weight is 395 g/mol. The average Bonchev–Trinajstić information content (AvgIpc) is 3.56. The van der Waals surface area contributed by atoms with Crippen LogP contribution in [0.15, 0.2) is 42.6 Å². The summed E-state index contributed by atoms with van der Waals surface area (Å²) < 4.78 is 19.0. The van der Waals surface area contributed by atoms with E-state index in [9.17, 15) is 9.18 Å². The Morgan fingerprint density at radius 3 is 2.38 bits per heavy atom. The molecular weight excluding hydrogens is 369 g/mol. The zero-order valence-corrected chi connectivity index (χ0v) is 16.4. The Balaban J connectivity index is 1.24. The quantitative estimate of drug-likeness (QED) is 0.847. The summed E-state index contributed by atoms with van der Waals surface area (Å²) >= 11 is 0. The molecule has 1 N–H and O–H groups in total. The molecule has 3 saturated heterocycles. The van der Waals surface area contributed by atoms with Gasteiger partial charge in [-0.1, -0.05) is 18.2 Å². The van der Waals surface area contributed by atoms with Gasteiger partial charge in [0.1, 0.15) is 11.9 Å². The number of fused-ring (bicyclic) bond motifs is 4. The number of ether oxygens (including phenoxy) is 1. The molecule has 4 fully saturated rings. The summed E-state index contributed by atoms with van der Waals surface area (Å²) in [5.74, 6) is 0.236. The number of carbonyl (C=O) groups is 1. The first-order valence-electron chi connectivity index (χ1n) is 10.5. The van der Waals surface area contributed by atoms with E-state index in [4.69, 9.17) is 4.74 Å². The summed E-state index contributed by atoms with van der Waals surface area (Å²) in [4.78, 5) is 19.7.